The van der Waals surface area contributed by atoms with Crippen LogP contribution in [0.5, 0.6) is 23.0 Å². The minimum atomic E-state index is -2.32. The topological polar surface area (TPSA) is 31.4 Å². The molecule has 0 spiro atoms. The lowest BCUT2D eigenvalue weighted by molar-refractivity contribution is 0.470. The van der Waals surface area contributed by atoms with Gasteiger partial charge in [-0.05, 0) is 42.5 Å². The first-order chi connectivity index (χ1) is 14.7. The minimum Gasteiger partial charge on any atom is -0.456 e. The van der Waals surface area contributed by atoms with Crippen molar-refractivity contribution >= 4 is 55.4 Å². The monoisotopic (exact) mass is 423 g/mol. The number of rotatable bonds is 0. The maximum atomic E-state index is 6.55. The summed E-state index contributed by atoms with van der Waals surface area (Å²) in [5.74, 6) is 3.27. The van der Waals surface area contributed by atoms with Crippen LogP contribution in [0.15, 0.2) is 85.1 Å². The molecular weight excluding hydrogens is 409 g/mol. The number of hydrogen-bond acceptors (Lipinski definition) is 4. The van der Waals surface area contributed by atoms with Crippen molar-refractivity contribution in [2.24, 2.45) is 0 Å². The number of para-hydroxylation sites is 2. The Morgan fingerprint density at radius 2 is 1.43 bits per heavy atom. The van der Waals surface area contributed by atoms with Crippen molar-refractivity contribution < 1.29 is 9.47 Å². The highest BCUT2D eigenvalue weighted by molar-refractivity contribution is 8.26. The molecule has 1 atom stereocenters. The van der Waals surface area contributed by atoms with Gasteiger partial charge in [-0.15, -0.1) is 0 Å². The molecule has 0 amide bonds. The van der Waals surface area contributed by atoms with Gasteiger partial charge in [-0.25, -0.2) is 0 Å². The van der Waals surface area contributed by atoms with Crippen LogP contribution in [-0.4, -0.2) is 4.98 Å². The second-order valence-corrected chi connectivity index (χ2v) is 11.8. The third-order valence-electron chi connectivity index (χ3n) is 5.94. The van der Waals surface area contributed by atoms with E-state index < -0.39 is 6.04 Å². The van der Waals surface area contributed by atoms with Gasteiger partial charge in [-0.2, -0.15) is 0 Å². The number of fused-ring (bicyclic) bond motifs is 8. The van der Waals surface area contributed by atoms with Gasteiger partial charge >= 0.3 is 0 Å². The zero-order valence-corrected chi connectivity index (χ0v) is 17.4. The van der Waals surface area contributed by atoms with E-state index in [1.807, 2.05) is 48.7 Å². The Kier molecular flexibility index (Phi) is 3.15. The number of pyridine rings is 1. The number of ether oxygens (including phenoxy) is 2. The van der Waals surface area contributed by atoms with Gasteiger partial charge in [0.25, 0.3) is 0 Å². The molecule has 5 heteroatoms. The van der Waals surface area contributed by atoms with E-state index in [0.29, 0.717) is 0 Å². The number of hydrogen-bond donors (Lipinski definition) is 0. The first-order valence-corrected chi connectivity index (χ1v) is 12.6. The lowest BCUT2D eigenvalue weighted by Crippen LogP contribution is -2.34. The molecule has 7 rings (SSSR count). The van der Waals surface area contributed by atoms with Crippen molar-refractivity contribution in [3.63, 3.8) is 0 Å². The summed E-state index contributed by atoms with van der Waals surface area (Å²) in [6, 6.07) is 24.3. The van der Waals surface area contributed by atoms with Gasteiger partial charge in [0.2, 0.25) is 0 Å². The predicted octanol–water partition coefficient (Wildman–Crippen LogP) is 5.36. The summed E-state index contributed by atoms with van der Waals surface area (Å²) < 4.78 is 12.9. The fourth-order valence-electron chi connectivity index (χ4n) is 4.64. The Labute approximate surface area is 177 Å². The average Bonchev–Trinajstić information content (AvgIpc) is 2.79. The summed E-state index contributed by atoms with van der Waals surface area (Å²) in [6.45, 7) is 0. The van der Waals surface area contributed by atoms with E-state index in [1.54, 1.807) is 0 Å². The highest BCUT2D eigenvalue weighted by Crippen LogP contribution is 2.60. The quantitative estimate of drug-likeness (QED) is 0.243. The molecule has 0 saturated carbocycles. The van der Waals surface area contributed by atoms with Crippen molar-refractivity contribution in [3.05, 3.63) is 85.1 Å². The zero-order valence-electron chi connectivity index (χ0n) is 15.7. The molecule has 0 aliphatic carbocycles. The number of aromatic nitrogens is 1. The molecule has 3 nitrogen and oxygen atoms in total. The molecule has 2 aliphatic rings. The standard InChI is InChI=1S/C25H14NO2PS/c30-29-21-9-3-1-7-18(21)27-20-14-17-16(12-11-15-6-5-13-26-23(15)17)24(25(20)29)28-19-8-2-4-10-22(19)29/h1-14H. The van der Waals surface area contributed by atoms with E-state index >= 15 is 0 Å². The van der Waals surface area contributed by atoms with E-state index in [4.69, 9.17) is 21.3 Å². The molecule has 3 heterocycles. The van der Waals surface area contributed by atoms with Gasteiger partial charge < -0.3 is 9.47 Å². The molecule has 1 unspecified atom stereocenters. The second kappa shape index (κ2) is 5.69. The van der Waals surface area contributed by atoms with Crippen LogP contribution in [0.3, 0.4) is 0 Å². The molecule has 0 N–H and O–H groups in total. The Hall–Kier alpha value is -3.20. The zero-order chi connectivity index (χ0) is 19.9. The van der Waals surface area contributed by atoms with Crippen LogP contribution in [0.4, 0.5) is 0 Å². The predicted molar refractivity (Wildman–Crippen MR) is 125 cm³/mol. The molecule has 30 heavy (non-hydrogen) atoms. The number of nitrogens with zero attached hydrogens (tertiary/aromatic N) is 1. The van der Waals surface area contributed by atoms with Crippen molar-refractivity contribution in [1.29, 1.82) is 0 Å². The van der Waals surface area contributed by atoms with Crippen LogP contribution >= 0.6 is 6.04 Å². The summed E-state index contributed by atoms with van der Waals surface area (Å²) in [6.07, 6.45) is 1.82. The van der Waals surface area contributed by atoms with Crippen LogP contribution < -0.4 is 25.4 Å². The molecular formula is C25H14NO2PS. The lowest BCUT2D eigenvalue weighted by atomic mass is 10.0. The summed E-state index contributed by atoms with van der Waals surface area (Å²) >= 11 is 6.55. The Morgan fingerprint density at radius 3 is 2.23 bits per heavy atom. The molecule has 0 bridgehead atoms. The van der Waals surface area contributed by atoms with Gasteiger partial charge in [-0.3, -0.25) is 4.98 Å². The molecule has 0 fully saturated rings. The smallest absolute Gasteiger partial charge is 0.148 e. The van der Waals surface area contributed by atoms with Gasteiger partial charge in [0.1, 0.15) is 23.0 Å². The van der Waals surface area contributed by atoms with Crippen LogP contribution in [0.25, 0.3) is 21.7 Å². The van der Waals surface area contributed by atoms with Gasteiger partial charge in [0.15, 0.2) is 0 Å². The summed E-state index contributed by atoms with van der Waals surface area (Å²) in [7, 11) is 0. The second-order valence-electron chi connectivity index (χ2n) is 7.54. The molecule has 0 saturated heterocycles. The summed E-state index contributed by atoms with van der Waals surface area (Å²) in [5.41, 5.74) is 0.937. The van der Waals surface area contributed by atoms with E-state index in [1.165, 1.54) is 0 Å². The van der Waals surface area contributed by atoms with Crippen molar-refractivity contribution in [1.82, 2.24) is 4.98 Å². The van der Waals surface area contributed by atoms with Crippen molar-refractivity contribution in [3.8, 4) is 23.0 Å². The van der Waals surface area contributed by atoms with Crippen molar-refractivity contribution in [2.75, 3.05) is 0 Å². The molecule has 5 aromatic rings. The van der Waals surface area contributed by atoms with Crippen LogP contribution in [-0.2, 0) is 11.8 Å². The molecule has 0 radical (unpaired) electrons. The highest BCUT2D eigenvalue weighted by Gasteiger charge is 2.43. The van der Waals surface area contributed by atoms with Gasteiger partial charge in [0, 0.05) is 33.0 Å². The fourth-order valence-corrected chi connectivity index (χ4v) is 9.13. The SMILES string of the molecule is S=P12c3ccccc3Oc3cc4c(ccc5cccnc54)c(c31)Oc1ccccc12. The first-order valence-electron chi connectivity index (χ1n) is 9.75. The van der Waals surface area contributed by atoms with Crippen LogP contribution in [0.1, 0.15) is 0 Å². The molecule has 142 valence electrons. The molecule has 4 aromatic carbocycles. The Balaban J connectivity index is 1.70. The summed E-state index contributed by atoms with van der Waals surface area (Å²) in [4.78, 5) is 4.65. The fraction of sp³-hybridized carbons (Fsp3) is 0. The normalized spacial score (nSPS) is 18.1. The van der Waals surface area contributed by atoms with Crippen molar-refractivity contribution in [2.45, 2.75) is 0 Å². The Morgan fingerprint density at radius 1 is 0.700 bits per heavy atom. The maximum Gasteiger partial charge on any atom is 0.148 e. The summed E-state index contributed by atoms with van der Waals surface area (Å²) in [5, 5.41) is 6.31. The van der Waals surface area contributed by atoms with Crippen LogP contribution in [0, 0.1) is 0 Å². The van der Waals surface area contributed by atoms with Gasteiger partial charge in [0.05, 0.1) is 16.9 Å². The van der Waals surface area contributed by atoms with E-state index in [9.17, 15) is 0 Å². The lowest BCUT2D eigenvalue weighted by Gasteiger charge is -2.37. The molecule has 1 aromatic heterocycles. The third-order valence-corrected chi connectivity index (χ3v) is 10.8. The van der Waals surface area contributed by atoms with E-state index in [2.05, 4.69) is 41.4 Å². The third kappa shape index (κ3) is 1.95. The largest absolute Gasteiger partial charge is 0.456 e. The molecule has 2 aliphatic heterocycles. The maximum absolute atomic E-state index is 6.55. The highest BCUT2D eigenvalue weighted by atomic mass is 32.4. The van der Waals surface area contributed by atoms with Crippen LogP contribution in [0.2, 0.25) is 0 Å². The minimum absolute atomic E-state index is 0.784. The first kappa shape index (κ1) is 16.6. The van der Waals surface area contributed by atoms with E-state index in [-0.39, 0.29) is 0 Å². The Bertz CT molecular complexity index is 1580. The number of benzene rings is 4. The van der Waals surface area contributed by atoms with E-state index in [0.717, 1.165) is 60.6 Å². The van der Waals surface area contributed by atoms with Gasteiger partial charge in [-0.1, -0.05) is 48.2 Å². The average molecular weight is 423 g/mol.